The first-order valence-electron chi connectivity index (χ1n) is 9.88. The second-order valence-corrected chi connectivity index (χ2v) is 7.03. The van der Waals surface area contributed by atoms with Crippen LogP contribution in [0.15, 0.2) is 29.1 Å². The first kappa shape index (κ1) is 21.6. The van der Waals surface area contributed by atoms with Crippen molar-refractivity contribution >= 4 is 11.9 Å². The van der Waals surface area contributed by atoms with Crippen molar-refractivity contribution in [2.45, 2.75) is 32.5 Å². The Balaban J connectivity index is 1.77. The van der Waals surface area contributed by atoms with Gasteiger partial charge in [0.15, 0.2) is 11.5 Å². The molecule has 0 saturated carbocycles. The Morgan fingerprint density at radius 1 is 1.17 bits per heavy atom. The van der Waals surface area contributed by atoms with E-state index in [0.717, 1.165) is 31.5 Å². The van der Waals surface area contributed by atoms with Crippen LogP contribution in [0.2, 0.25) is 0 Å². The maximum absolute atomic E-state index is 12.7. The summed E-state index contributed by atoms with van der Waals surface area (Å²) in [5.74, 6) is 1.39. The van der Waals surface area contributed by atoms with Gasteiger partial charge in [0.05, 0.1) is 26.5 Å². The monoisotopic (exact) mass is 416 g/mol. The van der Waals surface area contributed by atoms with Crippen molar-refractivity contribution in [2.24, 2.45) is 0 Å². The summed E-state index contributed by atoms with van der Waals surface area (Å²) >= 11 is 0. The van der Waals surface area contributed by atoms with E-state index in [4.69, 9.17) is 14.2 Å². The largest absolute Gasteiger partial charge is 0.493 e. The molecule has 0 aliphatic carbocycles. The lowest BCUT2D eigenvalue weighted by atomic mass is 10.2. The number of nitrogens with zero attached hydrogens (tertiary/aromatic N) is 3. The quantitative estimate of drug-likeness (QED) is 0.659. The van der Waals surface area contributed by atoms with Gasteiger partial charge in [-0.05, 0) is 18.9 Å². The van der Waals surface area contributed by atoms with Gasteiger partial charge in [-0.3, -0.25) is 14.2 Å². The molecule has 1 fully saturated rings. The van der Waals surface area contributed by atoms with Crippen LogP contribution in [0.25, 0.3) is 0 Å². The number of para-hydroxylation sites is 1. The van der Waals surface area contributed by atoms with Crippen LogP contribution in [-0.4, -0.2) is 49.9 Å². The summed E-state index contributed by atoms with van der Waals surface area (Å²) in [5, 5.41) is 2.85. The first-order valence-corrected chi connectivity index (χ1v) is 9.88. The summed E-state index contributed by atoms with van der Waals surface area (Å²) in [6.07, 6.45) is 2.07. The molecule has 30 heavy (non-hydrogen) atoms. The molecule has 0 atom stereocenters. The van der Waals surface area contributed by atoms with Crippen molar-refractivity contribution in [3.05, 3.63) is 45.9 Å². The number of ether oxygens (including phenoxy) is 3. The van der Waals surface area contributed by atoms with E-state index in [1.807, 2.05) is 17.0 Å². The van der Waals surface area contributed by atoms with E-state index in [1.165, 1.54) is 10.6 Å². The number of benzene rings is 1. The third kappa shape index (κ3) is 4.91. The van der Waals surface area contributed by atoms with Gasteiger partial charge in [0, 0.05) is 38.4 Å². The number of amides is 1. The van der Waals surface area contributed by atoms with Crippen LogP contribution in [0.1, 0.15) is 24.1 Å². The molecule has 1 saturated heterocycles. The van der Waals surface area contributed by atoms with Gasteiger partial charge >= 0.3 is 0 Å². The molecule has 3 rings (SSSR count). The lowest BCUT2D eigenvalue weighted by Crippen LogP contribution is -2.36. The van der Waals surface area contributed by atoms with Gasteiger partial charge in [-0.1, -0.05) is 12.1 Å². The minimum Gasteiger partial charge on any atom is -0.493 e. The van der Waals surface area contributed by atoms with Gasteiger partial charge in [0.2, 0.25) is 11.9 Å². The smallest absolute Gasteiger partial charge is 0.255 e. The van der Waals surface area contributed by atoms with Crippen LogP contribution in [-0.2, 0) is 29.2 Å². The first-order chi connectivity index (χ1) is 14.6. The number of anilines is 1. The van der Waals surface area contributed by atoms with Crippen molar-refractivity contribution in [3.8, 4) is 11.5 Å². The van der Waals surface area contributed by atoms with Crippen molar-refractivity contribution < 1.29 is 19.0 Å². The maximum atomic E-state index is 12.7. The normalized spacial score (nSPS) is 13.4. The summed E-state index contributed by atoms with van der Waals surface area (Å²) in [7, 11) is 4.67. The molecule has 2 heterocycles. The SMILES string of the molecule is COCc1cc(=O)n(CC(=O)NCc2cccc(OC)c2OC)c(N2CCCC2)n1. The molecule has 0 bridgehead atoms. The lowest BCUT2D eigenvalue weighted by molar-refractivity contribution is -0.121. The van der Waals surface area contributed by atoms with E-state index in [1.54, 1.807) is 27.4 Å². The summed E-state index contributed by atoms with van der Waals surface area (Å²) in [6.45, 7) is 2.01. The lowest BCUT2D eigenvalue weighted by Gasteiger charge is -2.21. The second-order valence-electron chi connectivity index (χ2n) is 7.03. The van der Waals surface area contributed by atoms with Gasteiger partial charge in [-0.2, -0.15) is 0 Å². The highest BCUT2D eigenvalue weighted by Gasteiger charge is 2.21. The number of aromatic nitrogens is 2. The molecule has 0 spiro atoms. The highest BCUT2D eigenvalue weighted by atomic mass is 16.5. The van der Waals surface area contributed by atoms with E-state index in [9.17, 15) is 9.59 Å². The number of methoxy groups -OCH3 is 3. The predicted octanol–water partition coefficient (Wildman–Crippen LogP) is 1.32. The highest BCUT2D eigenvalue weighted by Crippen LogP contribution is 2.30. The molecule has 0 unspecified atom stereocenters. The van der Waals surface area contributed by atoms with Crippen LogP contribution in [0.5, 0.6) is 11.5 Å². The molecule has 9 heteroatoms. The molecule has 1 N–H and O–H groups in total. The summed E-state index contributed by atoms with van der Waals surface area (Å²) in [4.78, 5) is 32.0. The van der Waals surface area contributed by atoms with Gasteiger partial charge in [-0.25, -0.2) is 4.98 Å². The zero-order valence-electron chi connectivity index (χ0n) is 17.6. The number of rotatable bonds is 9. The molecule has 1 aromatic carbocycles. The number of nitrogens with one attached hydrogen (secondary N) is 1. The Hall–Kier alpha value is -3.07. The maximum Gasteiger partial charge on any atom is 0.255 e. The standard InChI is InChI=1S/C21H28N4O5/c1-28-14-16-11-19(27)25(21(23-16)24-9-4-5-10-24)13-18(26)22-12-15-7-6-8-17(29-2)20(15)30-3/h6-8,11H,4-5,9-10,12-14H2,1-3H3,(H,22,26). The molecular weight excluding hydrogens is 388 g/mol. The van der Waals surface area contributed by atoms with E-state index >= 15 is 0 Å². The Labute approximate surface area is 175 Å². The van der Waals surface area contributed by atoms with Crippen molar-refractivity contribution in [1.82, 2.24) is 14.9 Å². The van der Waals surface area contributed by atoms with E-state index in [-0.39, 0.29) is 31.2 Å². The number of hydrogen-bond donors (Lipinski definition) is 1. The van der Waals surface area contributed by atoms with Gasteiger partial charge in [0.25, 0.3) is 5.56 Å². The average molecular weight is 416 g/mol. The van der Waals surface area contributed by atoms with Crippen LogP contribution in [0.3, 0.4) is 0 Å². The fourth-order valence-electron chi connectivity index (χ4n) is 3.56. The van der Waals surface area contributed by atoms with Crippen LogP contribution >= 0.6 is 0 Å². The fourth-order valence-corrected chi connectivity index (χ4v) is 3.56. The molecule has 1 aliphatic heterocycles. The van der Waals surface area contributed by atoms with Gasteiger partial charge in [0.1, 0.15) is 6.54 Å². The van der Waals surface area contributed by atoms with E-state index in [0.29, 0.717) is 23.1 Å². The van der Waals surface area contributed by atoms with Crippen molar-refractivity contribution in [1.29, 1.82) is 0 Å². The van der Waals surface area contributed by atoms with E-state index < -0.39 is 0 Å². The van der Waals surface area contributed by atoms with E-state index in [2.05, 4.69) is 10.3 Å². The average Bonchev–Trinajstić information content (AvgIpc) is 3.28. The Morgan fingerprint density at radius 3 is 2.60 bits per heavy atom. The minimum atomic E-state index is -0.288. The summed E-state index contributed by atoms with van der Waals surface area (Å²) < 4.78 is 17.2. The van der Waals surface area contributed by atoms with Crippen LogP contribution in [0, 0.1) is 0 Å². The van der Waals surface area contributed by atoms with Crippen LogP contribution < -0.4 is 25.2 Å². The summed E-state index contributed by atoms with van der Waals surface area (Å²) in [6, 6.07) is 6.89. The predicted molar refractivity (Wildman–Crippen MR) is 112 cm³/mol. The van der Waals surface area contributed by atoms with Gasteiger partial charge in [-0.15, -0.1) is 0 Å². The number of hydrogen-bond acceptors (Lipinski definition) is 7. The second kappa shape index (κ2) is 10.1. The third-order valence-corrected chi connectivity index (χ3v) is 4.98. The molecule has 1 aromatic heterocycles. The molecule has 9 nitrogen and oxygen atoms in total. The zero-order chi connectivity index (χ0) is 21.5. The molecule has 2 aromatic rings. The number of carbonyl (C=O) groups is 1. The molecule has 162 valence electrons. The van der Waals surface area contributed by atoms with Crippen molar-refractivity contribution in [2.75, 3.05) is 39.3 Å². The summed E-state index contributed by atoms with van der Waals surface area (Å²) in [5.41, 5.74) is 1.07. The molecule has 0 radical (unpaired) electrons. The topological polar surface area (TPSA) is 94.9 Å². The minimum absolute atomic E-state index is 0.114. The third-order valence-electron chi connectivity index (χ3n) is 4.98. The van der Waals surface area contributed by atoms with Crippen molar-refractivity contribution in [3.63, 3.8) is 0 Å². The van der Waals surface area contributed by atoms with Crippen LogP contribution in [0.4, 0.5) is 5.95 Å². The highest BCUT2D eigenvalue weighted by molar-refractivity contribution is 5.76. The molecule has 1 aliphatic rings. The zero-order valence-corrected chi connectivity index (χ0v) is 17.6. The fraction of sp³-hybridized carbons (Fsp3) is 0.476. The Bertz CT molecular complexity index is 937. The van der Waals surface area contributed by atoms with Gasteiger partial charge < -0.3 is 24.4 Å². The molecular formula is C21H28N4O5. The molecule has 1 amide bonds. The number of carbonyl (C=O) groups excluding carboxylic acids is 1. The Morgan fingerprint density at radius 2 is 1.93 bits per heavy atom. The Kier molecular flexibility index (Phi) is 7.29.